The fourth-order valence-electron chi connectivity index (χ4n) is 0.693. The molecule has 0 spiro atoms. The van der Waals surface area contributed by atoms with Crippen LogP contribution in [0.2, 0.25) is 0 Å². The first-order chi connectivity index (χ1) is 5.95. The zero-order valence-corrected chi connectivity index (χ0v) is 9.24. The first-order valence-corrected chi connectivity index (χ1v) is 6.38. The molecule has 1 unspecified atom stereocenters. The van der Waals surface area contributed by atoms with Gasteiger partial charge in [-0.05, 0) is 6.92 Å². The van der Waals surface area contributed by atoms with Crippen molar-refractivity contribution in [2.75, 3.05) is 18.6 Å². The maximum atomic E-state index is 11.1. The van der Waals surface area contributed by atoms with Gasteiger partial charge < -0.3 is 5.32 Å². The second kappa shape index (κ2) is 3.59. The Morgan fingerprint density at radius 3 is 2.54 bits per heavy atom. The van der Waals surface area contributed by atoms with E-state index >= 15 is 0 Å². The van der Waals surface area contributed by atoms with Crippen molar-refractivity contribution in [2.45, 2.75) is 12.2 Å². The number of nitrogens with zero attached hydrogens (tertiary/aromatic N) is 2. The largest absolute Gasteiger partial charge is 0.363 e. The van der Waals surface area contributed by atoms with E-state index in [4.69, 9.17) is 0 Å². The predicted octanol–water partition coefficient (Wildman–Crippen LogP) is 0.685. The molecule has 13 heavy (non-hydrogen) atoms. The van der Waals surface area contributed by atoms with Crippen molar-refractivity contribution in [1.29, 1.82) is 0 Å². The summed E-state index contributed by atoms with van der Waals surface area (Å²) in [6.45, 7) is 1.58. The van der Waals surface area contributed by atoms with Crippen molar-refractivity contribution >= 4 is 26.5 Å². The van der Waals surface area contributed by atoms with Crippen LogP contribution in [0.3, 0.4) is 0 Å². The summed E-state index contributed by atoms with van der Waals surface area (Å²) in [6.07, 6.45) is 1.18. The highest BCUT2D eigenvalue weighted by molar-refractivity contribution is 7.90. The summed E-state index contributed by atoms with van der Waals surface area (Å²) in [5.41, 5.74) is 0. The molecule has 1 atom stereocenters. The average Bonchev–Trinajstić information content (AvgIpc) is 2.48. The Hall–Kier alpha value is -0.690. The van der Waals surface area contributed by atoms with E-state index in [9.17, 15) is 8.42 Å². The molecule has 0 bridgehead atoms. The summed E-state index contributed by atoms with van der Waals surface area (Å²) in [4.78, 5) is 4.01. The maximum Gasteiger partial charge on any atom is 0.202 e. The summed E-state index contributed by atoms with van der Waals surface area (Å²) < 4.78 is 26.2. The molecule has 0 aliphatic rings. The zero-order valence-electron chi connectivity index (χ0n) is 7.60. The fourth-order valence-corrected chi connectivity index (χ4v) is 1.85. The van der Waals surface area contributed by atoms with E-state index in [-0.39, 0.29) is 0 Å². The molecule has 1 aromatic rings. The molecular weight excluding hydrogens is 210 g/mol. The van der Waals surface area contributed by atoms with Crippen LogP contribution in [0.4, 0.5) is 5.13 Å². The summed E-state index contributed by atoms with van der Waals surface area (Å²) >= 11 is 1.16. The van der Waals surface area contributed by atoms with Crippen molar-refractivity contribution in [1.82, 2.24) is 9.36 Å². The lowest BCUT2D eigenvalue weighted by molar-refractivity contribution is 0.590. The van der Waals surface area contributed by atoms with Crippen molar-refractivity contribution < 1.29 is 8.42 Å². The quantitative estimate of drug-likeness (QED) is 0.813. The van der Waals surface area contributed by atoms with Gasteiger partial charge in [0.05, 0.1) is 0 Å². The third-order valence-electron chi connectivity index (χ3n) is 1.66. The van der Waals surface area contributed by atoms with E-state index in [0.717, 1.165) is 11.5 Å². The Kier molecular flexibility index (Phi) is 2.87. The van der Waals surface area contributed by atoms with E-state index in [2.05, 4.69) is 14.7 Å². The van der Waals surface area contributed by atoms with Crippen LogP contribution < -0.4 is 5.32 Å². The average molecular weight is 221 g/mol. The minimum atomic E-state index is -3.10. The topological polar surface area (TPSA) is 72.0 Å². The molecule has 0 saturated carbocycles. The van der Waals surface area contributed by atoms with Gasteiger partial charge in [-0.1, -0.05) is 0 Å². The van der Waals surface area contributed by atoms with Crippen LogP contribution in [-0.4, -0.2) is 31.1 Å². The molecule has 5 nitrogen and oxygen atoms in total. The molecule has 0 aliphatic heterocycles. The van der Waals surface area contributed by atoms with E-state index in [1.54, 1.807) is 14.0 Å². The smallest absolute Gasteiger partial charge is 0.202 e. The molecule has 1 heterocycles. The Morgan fingerprint density at radius 1 is 1.54 bits per heavy atom. The first-order valence-electron chi connectivity index (χ1n) is 3.65. The second-order valence-electron chi connectivity index (χ2n) is 2.68. The Labute approximate surface area is 81.3 Å². The highest BCUT2D eigenvalue weighted by atomic mass is 32.2. The molecule has 0 aliphatic carbocycles. The van der Waals surface area contributed by atoms with Crippen LogP contribution in [0, 0.1) is 0 Å². The summed E-state index contributed by atoms with van der Waals surface area (Å²) in [7, 11) is -1.38. The number of aromatic nitrogens is 2. The van der Waals surface area contributed by atoms with Gasteiger partial charge >= 0.3 is 0 Å². The third kappa shape index (κ3) is 2.38. The van der Waals surface area contributed by atoms with Crippen LogP contribution in [0.15, 0.2) is 0 Å². The lowest BCUT2D eigenvalue weighted by atomic mass is 10.5. The number of rotatable bonds is 3. The van der Waals surface area contributed by atoms with Crippen LogP contribution in [-0.2, 0) is 9.84 Å². The highest BCUT2D eigenvalue weighted by Gasteiger charge is 2.21. The van der Waals surface area contributed by atoms with Crippen LogP contribution >= 0.6 is 11.5 Å². The van der Waals surface area contributed by atoms with Gasteiger partial charge in [-0.2, -0.15) is 4.37 Å². The molecule has 0 aromatic carbocycles. The van der Waals surface area contributed by atoms with Crippen LogP contribution in [0.1, 0.15) is 18.0 Å². The maximum absolute atomic E-state index is 11.1. The van der Waals surface area contributed by atoms with E-state index in [0.29, 0.717) is 11.0 Å². The molecule has 1 aromatic heterocycles. The Balaban J connectivity index is 2.96. The summed E-state index contributed by atoms with van der Waals surface area (Å²) in [5.74, 6) is 0.358. The predicted molar refractivity (Wildman–Crippen MR) is 52.7 cm³/mol. The number of nitrogens with one attached hydrogen (secondary N) is 1. The number of hydrogen-bond acceptors (Lipinski definition) is 6. The van der Waals surface area contributed by atoms with Gasteiger partial charge in [-0.25, -0.2) is 13.4 Å². The Morgan fingerprint density at radius 2 is 2.15 bits per heavy atom. The van der Waals surface area contributed by atoms with Crippen molar-refractivity contribution in [3.8, 4) is 0 Å². The molecule has 0 fully saturated rings. The van der Waals surface area contributed by atoms with Gasteiger partial charge in [0.25, 0.3) is 0 Å². The van der Waals surface area contributed by atoms with Gasteiger partial charge in [-0.3, -0.25) is 0 Å². The Bertz CT molecular complexity index is 384. The lowest BCUT2D eigenvalue weighted by Crippen LogP contribution is -2.09. The molecule has 1 rings (SSSR count). The van der Waals surface area contributed by atoms with Gasteiger partial charge in [0.2, 0.25) is 5.13 Å². The number of hydrogen-bond donors (Lipinski definition) is 1. The number of anilines is 1. The van der Waals surface area contributed by atoms with Gasteiger partial charge in [0, 0.05) is 24.8 Å². The van der Waals surface area contributed by atoms with Gasteiger partial charge in [0.1, 0.15) is 5.25 Å². The standard InChI is InChI=1S/C6H11N3O2S2/c1-4(13(3,10)11)5-8-6(7-2)12-9-5/h4H,1-3H3,(H,7,8,9). The zero-order chi connectivity index (χ0) is 10.1. The molecule has 1 N–H and O–H groups in total. The monoisotopic (exact) mass is 221 g/mol. The van der Waals surface area contributed by atoms with E-state index in [1.807, 2.05) is 0 Å². The van der Waals surface area contributed by atoms with E-state index < -0.39 is 15.1 Å². The normalized spacial score (nSPS) is 14.1. The van der Waals surface area contributed by atoms with Crippen molar-refractivity contribution in [3.63, 3.8) is 0 Å². The SMILES string of the molecule is CNc1nc(C(C)S(C)(=O)=O)ns1. The van der Waals surface area contributed by atoms with Crippen molar-refractivity contribution in [2.24, 2.45) is 0 Å². The third-order valence-corrected chi connectivity index (χ3v) is 3.90. The lowest BCUT2D eigenvalue weighted by Gasteiger charge is -2.02. The molecule has 0 amide bonds. The molecular formula is C6H11N3O2S2. The second-order valence-corrected chi connectivity index (χ2v) is 5.80. The molecule has 7 heteroatoms. The summed E-state index contributed by atoms with van der Waals surface area (Å²) in [5, 5.41) is 2.80. The fraction of sp³-hybridized carbons (Fsp3) is 0.667. The van der Waals surface area contributed by atoms with Crippen LogP contribution in [0.5, 0.6) is 0 Å². The minimum Gasteiger partial charge on any atom is -0.363 e. The highest BCUT2D eigenvalue weighted by Crippen LogP contribution is 2.21. The first kappa shape index (κ1) is 10.4. The minimum absolute atomic E-state index is 0.358. The molecule has 0 saturated heterocycles. The van der Waals surface area contributed by atoms with Crippen molar-refractivity contribution in [3.05, 3.63) is 5.82 Å². The van der Waals surface area contributed by atoms with E-state index in [1.165, 1.54) is 6.26 Å². The molecule has 74 valence electrons. The van der Waals surface area contributed by atoms with Gasteiger partial charge in [0.15, 0.2) is 15.7 Å². The van der Waals surface area contributed by atoms with Crippen LogP contribution in [0.25, 0.3) is 0 Å². The van der Waals surface area contributed by atoms with Gasteiger partial charge in [-0.15, -0.1) is 0 Å². The molecule has 0 radical (unpaired) electrons. The number of sulfone groups is 1. The summed E-state index contributed by atoms with van der Waals surface area (Å²) in [6, 6.07) is 0.